The van der Waals surface area contributed by atoms with Gasteiger partial charge in [0, 0.05) is 34.9 Å². The molecule has 0 unspecified atom stereocenters. The minimum Gasteiger partial charge on any atom is -0.359 e. The molecule has 42 heavy (non-hydrogen) atoms. The first-order chi connectivity index (χ1) is 20.5. The van der Waals surface area contributed by atoms with Crippen molar-refractivity contribution in [1.82, 2.24) is 35.5 Å². The Labute approximate surface area is 244 Å². The molecule has 6 rings (SSSR count). The van der Waals surface area contributed by atoms with E-state index in [9.17, 15) is 4.39 Å². The molecular formula is C34H34FN7. The number of benzene rings is 1. The number of nitrogens with zero attached hydrogens (tertiary/aromatic N) is 4. The molecule has 5 aromatic rings. The Bertz CT molecular complexity index is 1840. The summed E-state index contributed by atoms with van der Waals surface area (Å²) in [6, 6.07) is 10.3. The summed E-state index contributed by atoms with van der Waals surface area (Å²) in [6.07, 6.45) is 17.0. The number of hydrogen-bond donors (Lipinski definition) is 3. The van der Waals surface area contributed by atoms with E-state index in [4.69, 9.17) is 4.98 Å². The number of halogens is 1. The van der Waals surface area contributed by atoms with Crippen LogP contribution in [0.5, 0.6) is 0 Å². The van der Waals surface area contributed by atoms with Crippen LogP contribution in [0.4, 0.5) is 4.39 Å². The van der Waals surface area contributed by atoms with Crippen LogP contribution in [0.25, 0.3) is 50.4 Å². The highest BCUT2D eigenvalue weighted by Gasteiger charge is 2.18. The summed E-state index contributed by atoms with van der Waals surface area (Å²) in [4.78, 5) is 17.3. The number of H-pyrrole nitrogens is 2. The number of aromatic amines is 2. The topological polar surface area (TPSA) is 95.2 Å². The summed E-state index contributed by atoms with van der Waals surface area (Å²) in [5.41, 5.74) is 7.84. The maximum absolute atomic E-state index is 13.9. The van der Waals surface area contributed by atoms with Crippen LogP contribution in [-0.4, -0.2) is 30.1 Å². The second-order valence-corrected chi connectivity index (χ2v) is 10.8. The van der Waals surface area contributed by atoms with Gasteiger partial charge in [-0.1, -0.05) is 63.5 Å². The number of allylic oxidation sites excluding steroid dienone is 5. The minimum absolute atomic E-state index is 0.322. The molecule has 1 aliphatic carbocycles. The Morgan fingerprint density at radius 3 is 2.79 bits per heavy atom. The molecule has 0 saturated heterocycles. The van der Waals surface area contributed by atoms with E-state index in [2.05, 4.69) is 61.8 Å². The lowest BCUT2D eigenvalue weighted by Crippen LogP contribution is -2.15. The molecule has 8 heteroatoms. The van der Waals surface area contributed by atoms with Gasteiger partial charge in [-0.2, -0.15) is 5.10 Å². The van der Waals surface area contributed by atoms with Crippen molar-refractivity contribution in [2.24, 2.45) is 5.92 Å². The Balaban J connectivity index is 1.30. The number of rotatable bonds is 9. The molecule has 1 aliphatic rings. The monoisotopic (exact) mass is 559 g/mol. The summed E-state index contributed by atoms with van der Waals surface area (Å²) < 4.78 is 13.9. The van der Waals surface area contributed by atoms with Crippen molar-refractivity contribution in [3.05, 3.63) is 103 Å². The van der Waals surface area contributed by atoms with Crippen LogP contribution in [0, 0.1) is 11.7 Å². The van der Waals surface area contributed by atoms with Crippen molar-refractivity contribution < 1.29 is 4.39 Å². The van der Waals surface area contributed by atoms with E-state index in [0.717, 1.165) is 39.9 Å². The molecule has 0 spiro atoms. The normalized spacial score (nSPS) is 14.9. The summed E-state index contributed by atoms with van der Waals surface area (Å²) in [5.74, 6) is 0.982. The number of imidazole rings is 1. The third kappa shape index (κ3) is 5.65. The maximum atomic E-state index is 13.9. The van der Waals surface area contributed by atoms with Gasteiger partial charge in [0.2, 0.25) is 0 Å². The van der Waals surface area contributed by atoms with Gasteiger partial charge >= 0.3 is 0 Å². The lowest BCUT2D eigenvalue weighted by atomic mass is 9.86. The average Bonchev–Trinajstić information content (AvgIpc) is 3.63. The molecule has 4 heterocycles. The average molecular weight is 560 g/mol. The molecule has 0 aliphatic heterocycles. The molecule has 0 radical (unpaired) electrons. The van der Waals surface area contributed by atoms with E-state index >= 15 is 0 Å². The first kappa shape index (κ1) is 27.3. The third-order valence-corrected chi connectivity index (χ3v) is 7.90. The van der Waals surface area contributed by atoms with Gasteiger partial charge in [0.25, 0.3) is 0 Å². The highest BCUT2D eigenvalue weighted by atomic mass is 19.1. The fourth-order valence-electron chi connectivity index (χ4n) is 5.78. The largest absolute Gasteiger partial charge is 0.359 e. The quantitative estimate of drug-likeness (QED) is 0.158. The van der Waals surface area contributed by atoms with Gasteiger partial charge in [-0.25, -0.2) is 14.4 Å². The Morgan fingerprint density at radius 2 is 2.00 bits per heavy atom. The van der Waals surface area contributed by atoms with E-state index in [1.807, 2.05) is 31.3 Å². The Morgan fingerprint density at radius 1 is 1.14 bits per heavy atom. The molecule has 212 valence electrons. The van der Waals surface area contributed by atoms with Gasteiger partial charge in [0.15, 0.2) is 11.5 Å². The highest BCUT2D eigenvalue weighted by Crippen LogP contribution is 2.32. The van der Waals surface area contributed by atoms with Crippen molar-refractivity contribution in [3.8, 4) is 22.8 Å². The molecule has 1 saturated carbocycles. The maximum Gasteiger partial charge on any atom is 0.181 e. The van der Waals surface area contributed by atoms with E-state index in [-0.39, 0.29) is 5.82 Å². The second kappa shape index (κ2) is 11.9. The van der Waals surface area contributed by atoms with Gasteiger partial charge in [-0.3, -0.25) is 10.1 Å². The number of nitrogens with one attached hydrogen (secondary N) is 3. The zero-order chi connectivity index (χ0) is 29.1. The molecule has 7 nitrogen and oxygen atoms in total. The van der Waals surface area contributed by atoms with Gasteiger partial charge in [0.1, 0.15) is 17.0 Å². The van der Waals surface area contributed by atoms with E-state index in [1.54, 1.807) is 12.3 Å². The lowest BCUT2D eigenvalue weighted by molar-refractivity contribution is 0.353. The van der Waals surface area contributed by atoms with Crippen LogP contribution in [-0.2, 0) is 0 Å². The van der Waals surface area contributed by atoms with Crippen LogP contribution in [0.15, 0.2) is 91.6 Å². The molecule has 4 aromatic heterocycles. The molecule has 0 bridgehead atoms. The van der Waals surface area contributed by atoms with Crippen LogP contribution in [0.1, 0.15) is 51.0 Å². The molecule has 3 N–H and O–H groups in total. The summed E-state index contributed by atoms with van der Waals surface area (Å²) in [6.45, 7) is 10.3. The predicted molar refractivity (Wildman–Crippen MR) is 168 cm³/mol. The molecule has 1 fully saturated rings. The number of fused-ring (bicyclic) bond motifs is 2. The zero-order valence-electron chi connectivity index (χ0n) is 23.8. The van der Waals surface area contributed by atoms with Gasteiger partial charge in [0.05, 0.1) is 16.6 Å². The molecular weight excluding hydrogens is 525 g/mol. The summed E-state index contributed by atoms with van der Waals surface area (Å²) >= 11 is 0. The first-order valence-electron chi connectivity index (χ1n) is 14.4. The molecule has 0 atom stereocenters. The van der Waals surface area contributed by atoms with Gasteiger partial charge in [-0.15, -0.1) is 0 Å². The van der Waals surface area contributed by atoms with Crippen molar-refractivity contribution in [3.63, 3.8) is 0 Å². The molecule has 1 aromatic carbocycles. The van der Waals surface area contributed by atoms with Crippen molar-refractivity contribution in [1.29, 1.82) is 0 Å². The third-order valence-electron chi connectivity index (χ3n) is 7.90. The predicted octanol–water partition coefficient (Wildman–Crippen LogP) is 8.25. The number of pyridine rings is 2. The first-order valence-corrected chi connectivity index (χ1v) is 14.4. The van der Waals surface area contributed by atoms with Crippen LogP contribution >= 0.6 is 0 Å². The van der Waals surface area contributed by atoms with Gasteiger partial charge < -0.3 is 10.3 Å². The smallest absolute Gasteiger partial charge is 0.181 e. The van der Waals surface area contributed by atoms with Gasteiger partial charge in [-0.05, 0) is 61.3 Å². The SMILES string of the molecule is C=C/C(=C\C(=C/C)c1cnc2n[nH]c(-c3nc4c(-c5cccc(F)c5)nccc4[nH]3)c2c1)NC(=C)CC1CCCCC1. The van der Waals surface area contributed by atoms with Crippen molar-refractivity contribution >= 4 is 27.6 Å². The molecule has 0 amide bonds. The standard InChI is InChI=1S/C34H34FN7/c1-4-23(18-27(5-2)38-21(3)16-22-10-7-6-8-11-22)25-19-28-31(41-42-33(28)37-20-25)34-39-29-14-15-36-30(32(29)40-34)24-12-9-13-26(35)17-24/h4-5,9,12-15,17-20,22,38H,2-3,6-8,10-11,16H2,1H3,(H,39,40)(H,37,41,42)/b23-4+,27-18+. The Kier molecular flexibility index (Phi) is 7.77. The van der Waals surface area contributed by atoms with Crippen molar-refractivity contribution in [2.75, 3.05) is 0 Å². The van der Waals surface area contributed by atoms with Crippen LogP contribution in [0.2, 0.25) is 0 Å². The second-order valence-electron chi connectivity index (χ2n) is 10.8. The highest BCUT2D eigenvalue weighted by molar-refractivity contribution is 5.96. The fourth-order valence-corrected chi connectivity index (χ4v) is 5.78. The number of hydrogen-bond acceptors (Lipinski definition) is 5. The van der Waals surface area contributed by atoms with Crippen molar-refractivity contribution in [2.45, 2.75) is 45.4 Å². The number of aromatic nitrogens is 6. The summed E-state index contributed by atoms with van der Waals surface area (Å²) in [5, 5.41) is 11.8. The van der Waals surface area contributed by atoms with E-state index in [0.29, 0.717) is 39.9 Å². The van der Waals surface area contributed by atoms with E-state index in [1.165, 1.54) is 44.2 Å². The zero-order valence-corrected chi connectivity index (χ0v) is 23.8. The fraction of sp³-hybridized carbons (Fsp3) is 0.235. The van der Waals surface area contributed by atoms with Crippen LogP contribution < -0.4 is 5.32 Å². The van der Waals surface area contributed by atoms with Crippen LogP contribution in [0.3, 0.4) is 0 Å². The summed E-state index contributed by atoms with van der Waals surface area (Å²) in [7, 11) is 0. The minimum atomic E-state index is -0.322. The van der Waals surface area contributed by atoms with E-state index < -0.39 is 0 Å². The lowest BCUT2D eigenvalue weighted by Gasteiger charge is -2.23. The Hall–Kier alpha value is -4.85.